The lowest BCUT2D eigenvalue weighted by Gasteiger charge is -2.12. The van der Waals surface area contributed by atoms with Crippen molar-refractivity contribution in [3.05, 3.63) is 60.6 Å². The molecule has 2 aromatic carbocycles. The van der Waals surface area contributed by atoms with E-state index in [4.69, 9.17) is 13.9 Å². The van der Waals surface area contributed by atoms with Crippen LogP contribution in [0.1, 0.15) is 12.0 Å². The lowest BCUT2D eigenvalue weighted by Crippen LogP contribution is -2.28. The number of alkyl carbamates (subject to hydrolysis) is 1. The number of carbonyl (C=O) groups is 2. The van der Waals surface area contributed by atoms with Gasteiger partial charge in [0.2, 0.25) is 0 Å². The van der Waals surface area contributed by atoms with Crippen LogP contribution in [0.4, 0.5) is 21.0 Å². The van der Waals surface area contributed by atoms with Crippen LogP contribution in [-0.4, -0.2) is 41.5 Å². The molecule has 3 amide bonds. The summed E-state index contributed by atoms with van der Waals surface area (Å²) in [6, 6.07) is 11.2. The Morgan fingerprint density at radius 2 is 2.00 bits per heavy atom. The number of hydrogen-bond acceptors (Lipinski definition) is 7. The van der Waals surface area contributed by atoms with Crippen LogP contribution in [0.5, 0.6) is 5.75 Å². The van der Waals surface area contributed by atoms with E-state index in [0.717, 1.165) is 5.56 Å². The van der Waals surface area contributed by atoms with Crippen molar-refractivity contribution in [1.29, 1.82) is 0 Å². The van der Waals surface area contributed by atoms with Crippen molar-refractivity contribution in [3.8, 4) is 17.1 Å². The maximum Gasteiger partial charge on any atom is 0.407 e. The fourth-order valence-electron chi connectivity index (χ4n) is 3.19. The van der Waals surface area contributed by atoms with Crippen molar-refractivity contribution in [2.75, 3.05) is 23.8 Å². The molecule has 10 nitrogen and oxygen atoms in total. The second-order valence-electron chi connectivity index (χ2n) is 7.12. The fourth-order valence-corrected chi connectivity index (χ4v) is 3.19. The molecule has 3 aromatic rings. The molecule has 1 fully saturated rings. The lowest BCUT2D eigenvalue weighted by atomic mass is 10.1. The van der Waals surface area contributed by atoms with Crippen LogP contribution < -0.4 is 16.0 Å². The van der Waals surface area contributed by atoms with E-state index in [1.165, 1.54) is 18.7 Å². The molecule has 1 aromatic heterocycles. The summed E-state index contributed by atoms with van der Waals surface area (Å²) in [6.07, 6.45) is 2.73. The zero-order valence-corrected chi connectivity index (χ0v) is 17.0. The average Bonchev–Trinajstić information content (AvgIpc) is 3.47. The number of oxazole rings is 1. The number of aromatic hydroxyl groups is 1. The number of phenols is 1. The van der Waals surface area contributed by atoms with E-state index in [1.54, 1.807) is 30.3 Å². The second-order valence-corrected chi connectivity index (χ2v) is 7.12. The monoisotopic (exact) mass is 438 g/mol. The molecule has 166 valence electrons. The number of ether oxygens (including phenoxy) is 2. The Labute approximate surface area is 183 Å². The number of amides is 3. The van der Waals surface area contributed by atoms with Gasteiger partial charge in [-0.3, -0.25) is 0 Å². The summed E-state index contributed by atoms with van der Waals surface area (Å²) in [4.78, 5) is 28.0. The number of hydrogen-bond donors (Lipinski definition) is 4. The van der Waals surface area contributed by atoms with E-state index in [0.29, 0.717) is 42.3 Å². The molecule has 1 saturated heterocycles. The first-order valence-electron chi connectivity index (χ1n) is 9.98. The predicted octanol–water partition coefficient (Wildman–Crippen LogP) is 3.71. The van der Waals surface area contributed by atoms with Crippen molar-refractivity contribution in [2.24, 2.45) is 0 Å². The molecular weight excluding hydrogens is 416 g/mol. The largest absolute Gasteiger partial charge is 0.507 e. The summed E-state index contributed by atoms with van der Waals surface area (Å²) in [5.41, 5.74) is 2.20. The Hall–Kier alpha value is -4.05. The van der Waals surface area contributed by atoms with Gasteiger partial charge in [0, 0.05) is 30.4 Å². The SMILES string of the molecule is O=C(Nc1cccc(CNC(=O)O[C@H]2CCOC2)c1)Nc1ccc(-c2cnco2)c(O)c1. The zero-order valence-electron chi connectivity index (χ0n) is 17.0. The first kappa shape index (κ1) is 21.2. The quantitative estimate of drug-likeness (QED) is 0.461. The highest BCUT2D eigenvalue weighted by atomic mass is 16.6. The van der Waals surface area contributed by atoms with Crippen LogP contribution >= 0.6 is 0 Å². The Balaban J connectivity index is 1.29. The highest BCUT2D eigenvalue weighted by Crippen LogP contribution is 2.31. The van der Waals surface area contributed by atoms with Crippen LogP contribution in [-0.2, 0) is 16.0 Å². The summed E-state index contributed by atoms with van der Waals surface area (Å²) < 4.78 is 15.6. The molecular formula is C22H22N4O6. The number of phenolic OH excluding ortho intramolecular Hbond substituents is 1. The summed E-state index contributed by atoms with van der Waals surface area (Å²) >= 11 is 0. The van der Waals surface area contributed by atoms with Gasteiger partial charge < -0.3 is 34.9 Å². The third-order valence-corrected chi connectivity index (χ3v) is 4.74. The van der Waals surface area contributed by atoms with Crippen molar-refractivity contribution in [1.82, 2.24) is 10.3 Å². The van der Waals surface area contributed by atoms with E-state index in [-0.39, 0.29) is 18.4 Å². The van der Waals surface area contributed by atoms with Crippen molar-refractivity contribution in [3.63, 3.8) is 0 Å². The number of rotatable bonds is 6. The molecule has 32 heavy (non-hydrogen) atoms. The van der Waals surface area contributed by atoms with Crippen LogP contribution in [0.15, 0.2) is 59.5 Å². The van der Waals surface area contributed by atoms with Crippen molar-refractivity contribution < 1.29 is 28.6 Å². The smallest absolute Gasteiger partial charge is 0.407 e. The van der Waals surface area contributed by atoms with Gasteiger partial charge in [-0.2, -0.15) is 0 Å². The van der Waals surface area contributed by atoms with Gasteiger partial charge in [0.1, 0.15) is 11.9 Å². The summed E-state index contributed by atoms with van der Waals surface area (Å²) in [5.74, 6) is 0.369. The van der Waals surface area contributed by atoms with E-state index in [9.17, 15) is 14.7 Å². The molecule has 4 N–H and O–H groups in total. The van der Waals surface area contributed by atoms with Gasteiger partial charge in [0.15, 0.2) is 12.2 Å². The highest BCUT2D eigenvalue weighted by molar-refractivity contribution is 6.00. The van der Waals surface area contributed by atoms with Gasteiger partial charge in [-0.25, -0.2) is 14.6 Å². The first-order valence-corrected chi connectivity index (χ1v) is 9.98. The maximum absolute atomic E-state index is 12.3. The van der Waals surface area contributed by atoms with Crippen LogP contribution in [0.25, 0.3) is 11.3 Å². The van der Waals surface area contributed by atoms with Crippen molar-refractivity contribution >= 4 is 23.5 Å². The van der Waals surface area contributed by atoms with Crippen LogP contribution in [0, 0.1) is 0 Å². The number of benzene rings is 2. The molecule has 10 heteroatoms. The van der Waals surface area contributed by atoms with Crippen molar-refractivity contribution in [2.45, 2.75) is 19.1 Å². The highest BCUT2D eigenvalue weighted by Gasteiger charge is 2.19. The van der Waals surface area contributed by atoms with Gasteiger partial charge in [-0.15, -0.1) is 0 Å². The minimum absolute atomic E-state index is 0.0522. The Morgan fingerprint density at radius 1 is 1.16 bits per heavy atom. The number of nitrogens with zero attached hydrogens (tertiary/aromatic N) is 1. The number of nitrogens with one attached hydrogen (secondary N) is 3. The number of anilines is 2. The van der Waals surface area contributed by atoms with Gasteiger partial charge in [0.25, 0.3) is 0 Å². The number of aromatic nitrogens is 1. The first-order chi connectivity index (χ1) is 15.6. The Kier molecular flexibility index (Phi) is 6.52. The zero-order chi connectivity index (χ0) is 22.3. The standard InChI is InChI=1S/C22H22N4O6/c27-19-9-16(4-5-18(19)20-11-23-13-31-20)26-21(28)25-15-3-1-2-14(8-15)10-24-22(29)32-17-6-7-30-12-17/h1-5,8-9,11,13,17,27H,6-7,10,12H2,(H,24,29)(H2,25,26,28)/t17-/m0/s1. The summed E-state index contributed by atoms with van der Waals surface area (Å²) in [6.45, 7) is 1.27. The third kappa shape index (κ3) is 5.55. The third-order valence-electron chi connectivity index (χ3n) is 4.74. The second kappa shape index (κ2) is 9.84. The molecule has 1 aliphatic rings. The number of carbonyl (C=O) groups excluding carboxylic acids is 2. The molecule has 0 aliphatic carbocycles. The molecule has 0 unspecified atom stereocenters. The topological polar surface area (TPSA) is 135 Å². The Bertz CT molecular complexity index is 1080. The molecule has 1 aliphatic heterocycles. The molecule has 4 rings (SSSR count). The Morgan fingerprint density at radius 3 is 2.72 bits per heavy atom. The number of urea groups is 1. The minimum atomic E-state index is -0.509. The lowest BCUT2D eigenvalue weighted by molar-refractivity contribution is 0.0828. The van der Waals surface area contributed by atoms with Gasteiger partial charge >= 0.3 is 12.1 Å². The molecule has 0 bridgehead atoms. The molecule has 0 spiro atoms. The summed E-state index contributed by atoms with van der Waals surface area (Å²) in [5, 5.41) is 18.2. The van der Waals surface area contributed by atoms with Crippen LogP contribution in [0.2, 0.25) is 0 Å². The van der Waals surface area contributed by atoms with E-state index in [2.05, 4.69) is 20.9 Å². The predicted molar refractivity (Wildman–Crippen MR) is 115 cm³/mol. The van der Waals surface area contributed by atoms with Gasteiger partial charge in [0.05, 0.1) is 25.0 Å². The van der Waals surface area contributed by atoms with Gasteiger partial charge in [-0.1, -0.05) is 12.1 Å². The van der Waals surface area contributed by atoms with Gasteiger partial charge in [-0.05, 0) is 29.8 Å². The van der Waals surface area contributed by atoms with E-state index in [1.807, 2.05) is 6.07 Å². The van der Waals surface area contributed by atoms with Crippen LogP contribution in [0.3, 0.4) is 0 Å². The molecule has 0 radical (unpaired) electrons. The van der Waals surface area contributed by atoms with E-state index >= 15 is 0 Å². The van der Waals surface area contributed by atoms with E-state index < -0.39 is 12.1 Å². The molecule has 2 heterocycles. The summed E-state index contributed by atoms with van der Waals surface area (Å²) in [7, 11) is 0. The molecule has 1 atom stereocenters. The maximum atomic E-state index is 12.3. The normalized spacial score (nSPS) is 15.2. The molecule has 0 saturated carbocycles. The minimum Gasteiger partial charge on any atom is -0.507 e. The fraction of sp³-hybridized carbons (Fsp3) is 0.227. The average molecular weight is 438 g/mol.